The molecule has 0 radical (unpaired) electrons. The number of aromatic nitrogens is 2. The number of hydrogen-bond acceptors (Lipinski definition) is 5. The van der Waals surface area contributed by atoms with Crippen molar-refractivity contribution >= 4 is 17.6 Å². The first-order chi connectivity index (χ1) is 11.4. The molecule has 0 amide bonds. The van der Waals surface area contributed by atoms with Crippen molar-refractivity contribution in [2.75, 3.05) is 18.4 Å². The molecule has 1 N–H and O–H groups in total. The molecule has 6 nitrogen and oxygen atoms in total. The summed E-state index contributed by atoms with van der Waals surface area (Å²) in [6.45, 7) is 1.73. The van der Waals surface area contributed by atoms with E-state index in [1.807, 2.05) is 36.4 Å². The van der Waals surface area contributed by atoms with Crippen LogP contribution in [-0.2, 0) is 0 Å². The van der Waals surface area contributed by atoms with E-state index in [4.69, 9.17) is 4.74 Å². The monoisotopic (exact) mass is 309 g/mol. The number of nitrogens with one attached hydrogen (secondary N) is 1. The summed E-state index contributed by atoms with van der Waals surface area (Å²) in [7, 11) is 0. The lowest BCUT2D eigenvalue weighted by Crippen LogP contribution is -2.10. The Morgan fingerprint density at radius 1 is 1.00 bits per heavy atom. The van der Waals surface area contributed by atoms with Gasteiger partial charge in [0, 0.05) is 32.0 Å². The van der Waals surface area contributed by atoms with E-state index in [2.05, 4.69) is 20.4 Å². The van der Waals surface area contributed by atoms with Crippen molar-refractivity contribution in [3.63, 3.8) is 0 Å². The summed E-state index contributed by atoms with van der Waals surface area (Å²) in [6.07, 6.45) is 4.01. The highest BCUT2D eigenvalue weighted by Crippen LogP contribution is 2.24. The fourth-order valence-electron chi connectivity index (χ4n) is 2.76. The van der Waals surface area contributed by atoms with E-state index in [1.54, 1.807) is 4.68 Å². The van der Waals surface area contributed by atoms with Crippen LogP contribution in [0.15, 0.2) is 46.4 Å². The Morgan fingerprint density at radius 3 is 2.57 bits per heavy atom. The Hall–Kier alpha value is -2.63. The smallest absolute Gasteiger partial charge is 0.226 e. The van der Waals surface area contributed by atoms with Crippen molar-refractivity contribution in [3.05, 3.63) is 36.4 Å². The lowest BCUT2D eigenvalue weighted by atomic mass is 10.3. The summed E-state index contributed by atoms with van der Waals surface area (Å²) in [5, 5.41) is 7.93. The number of ether oxygens (including phenoxy) is 1. The van der Waals surface area contributed by atoms with Crippen LogP contribution in [-0.4, -0.2) is 34.6 Å². The van der Waals surface area contributed by atoms with Crippen LogP contribution in [0.3, 0.4) is 0 Å². The zero-order chi connectivity index (χ0) is 15.5. The number of rotatable bonds is 3. The van der Waals surface area contributed by atoms with Gasteiger partial charge in [-0.3, -0.25) is 9.98 Å². The third kappa shape index (κ3) is 3.11. The van der Waals surface area contributed by atoms with Crippen molar-refractivity contribution in [2.45, 2.75) is 25.7 Å². The molecule has 2 aromatic rings. The van der Waals surface area contributed by atoms with Crippen LogP contribution in [0.2, 0.25) is 0 Å². The molecule has 0 fully saturated rings. The van der Waals surface area contributed by atoms with Gasteiger partial charge in [-0.2, -0.15) is 4.68 Å². The van der Waals surface area contributed by atoms with E-state index in [1.165, 1.54) is 0 Å². The number of benzene rings is 1. The second-order valence-electron chi connectivity index (χ2n) is 5.65. The van der Waals surface area contributed by atoms with Gasteiger partial charge in [-0.25, -0.2) is 0 Å². The first-order valence-electron chi connectivity index (χ1n) is 8.05. The molecule has 23 heavy (non-hydrogen) atoms. The predicted octanol–water partition coefficient (Wildman–Crippen LogP) is 3.05. The van der Waals surface area contributed by atoms with Gasteiger partial charge >= 0.3 is 0 Å². The minimum absolute atomic E-state index is 0.679. The lowest BCUT2D eigenvalue weighted by molar-refractivity contribution is 0.494. The van der Waals surface area contributed by atoms with Crippen LogP contribution >= 0.6 is 0 Å². The highest BCUT2D eigenvalue weighted by Gasteiger charge is 2.17. The number of amidine groups is 1. The average molecular weight is 309 g/mol. The highest BCUT2D eigenvalue weighted by molar-refractivity contribution is 5.95. The Morgan fingerprint density at radius 2 is 1.83 bits per heavy atom. The first kappa shape index (κ1) is 14.0. The predicted molar refractivity (Wildman–Crippen MR) is 90.9 cm³/mol. The second kappa shape index (κ2) is 6.24. The molecular weight excluding hydrogens is 290 g/mol. The average Bonchev–Trinajstić information content (AvgIpc) is 3.32. The van der Waals surface area contributed by atoms with E-state index in [9.17, 15) is 0 Å². The maximum atomic E-state index is 5.98. The van der Waals surface area contributed by atoms with Gasteiger partial charge in [0.05, 0.1) is 5.69 Å². The van der Waals surface area contributed by atoms with E-state index in [-0.39, 0.29) is 0 Å². The molecule has 1 aromatic carbocycles. The summed E-state index contributed by atoms with van der Waals surface area (Å²) in [5.41, 5.74) is 0.961. The van der Waals surface area contributed by atoms with Gasteiger partial charge in [-0.05, 0) is 25.0 Å². The van der Waals surface area contributed by atoms with Crippen molar-refractivity contribution in [1.29, 1.82) is 0 Å². The van der Waals surface area contributed by atoms with Crippen molar-refractivity contribution < 1.29 is 4.74 Å². The molecule has 0 saturated carbocycles. The Kier molecular flexibility index (Phi) is 3.80. The second-order valence-corrected chi connectivity index (χ2v) is 5.65. The van der Waals surface area contributed by atoms with Gasteiger partial charge in [0.25, 0.3) is 0 Å². The summed E-state index contributed by atoms with van der Waals surface area (Å²) < 4.78 is 7.78. The third-order valence-electron chi connectivity index (χ3n) is 3.88. The van der Waals surface area contributed by atoms with Gasteiger partial charge in [0.1, 0.15) is 5.84 Å². The quantitative estimate of drug-likeness (QED) is 0.947. The molecule has 3 heterocycles. The standard InChI is InChI=1S/C17H19N5O/c1-2-6-13(7-3-1)22-17(23-16-9-5-11-19-16)12-15(21-22)20-14-8-4-10-18-14/h1-3,6-7,12H,4-5,8-11H2,(H,18,20,21). The zero-order valence-electron chi connectivity index (χ0n) is 12.9. The molecule has 0 spiro atoms. The molecule has 118 valence electrons. The van der Waals surface area contributed by atoms with E-state index in [0.717, 1.165) is 62.0 Å². The van der Waals surface area contributed by atoms with E-state index in [0.29, 0.717) is 5.88 Å². The van der Waals surface area contributed by atoms with Crippen LogP contribution in [0.4, 0.5) is 5.82 Å². The van der Waals surface area contributed by atoms with Crippen LogP contribution < -0.4 is 10.1 Å². The van der Waals surface area contributed by atoms with Crippen LogP contribution in [0, 0.1) is 0 Å². The number of para-hydroxylation sites is 1. The molecule has 0 saturated heterocycles. The fraction of sp³-hybridized carbons (Fsp3) is 0.353. The molecule has 2 aliphatic rings. The van der Waals surface area contributed by atoms with Gasteiger partial charge in [-0.15, -0.1) is 5.10 Å². The van der Waals surface area contributed by atoms with Crippen LogP contribution in [0.5, 0.6) is 5.88 Å². The van der Waals surface area contributed by atoms with Gasteiger partial charge in [0.15, 0.2) is 11.7 Å². The Balaban J connectivity index is 1.65. The Bertz CT molecular complexity index is 748. The zero-order valence-corrected chi connectivity index (χ0v) is 12.9. The third-order valence-corrected chi connectivity index (χ3v) is 3.88. The largest absolute Gasteiger partial charge is 0.425 e. The van der Waals surface area contributed by atoms with Gasteiger partial charge in [-0.1, -0.05) is 18.2 Å². The number of anilines is 1. The maximum Gasteiger partial charge on any atom is 0.226 e. The molecule has 0 unspecified atom stereocenters. The number of hydrogen-bond donors (Lipinski definition) is 1. The van der Waals surface area contributed by atoms with Crippen molar-refractivity contribution in [3.8, 4) is 11.6 Å². The van der Waals surface area contributed by atoms with Crippen LogP contribution in [0.25, 0.3) is 5.69 Å². The highest BCUT2D eigenvalue weighted by atomic mass is 16.5. The SMILES string of the molecule is c1ccc(-n2nc(NC3=NCCC3)cc2OC2=NCCC2)cc1. The van der Waals surface area contributed by atoms with Gasteiger partial charge in [0.2, 0.25) is 5.88 Å². The van der Waals surface area contributed by atoms with E-state index >= 15 is 0 Å². The van der Waals surface area contributed by atoms with Crippen molar-refractivity contribution in [2.24, 2.45) is 9.98 Å². The summed E-state index contributed by atoms with van der Waals surface area (Å²) >= 11 is 0. The minimum atomic E-state index is 0.679. The number of aliphatic imine (C=N–C) groups is 2. The van der Waals surface area contributed by atoms with E-state index < -0.39 is 0 Å². The van der Waals surface area contributed by atoms with Gasteiger partial charge < -0.3 is 10.1 Å². The molecular formula is C17H19N5O. The van der Waals surface area contributed by atoms with Crippen molar-refractivity contribution in [1.82, 2.24) is 9.78 Å². The topological polar surface area (TPSA) is 63.8 Å². The lowest BCUT2D eigenvalue weighted by Gasteiger charge is -2.07. The molecule has 4 rings (SSSR count). The Labute approximate surface area is 134 Å². The first-order valence-corrected chi connectivity index (χ1v) is 8.05. The molecule has 1 aromatic heterocycles. The summed E-state index contributed by atoms with van der Waals surface area (Å²) in [4.78, 5) is 8.83. The maximum absolute atomic E-state index is 5.98. The summed E-state index contributed by atoms with van der Waals surface area (Å²) in [5.74, 6) is 3.21. The molecule has 0 bridgehead atoms. The van der Waals surface area contributed by atoms with Crippen LogP contribution in [0.1, 0.15) is 25.7 Å². The normalized spacial score (nSPS) is 17.0. The fourth-order valence-corrected chi connectivity index (χ4v) is 2.76. The molecule has 0 atom stereocenters. The molecule has 6 heteroatoms. The minimum Gasteiger partial charge on any atom is -0.425 e. The summed E-state index contributed by atoms with van der Waals surface area (Å²) in [6, 6.07) is 11.9. The number of nitrogens with zero attached hydrogens (tertiary/aromatic N) is 4. The molecule has 0 aliphatic carbocycles. The molecule has 2 aliphatic heterocycles.